The van der Waals surface area contributed by atoms with Crippen molar-refractivity contribution in [1.29, 1.82) is 0 Å². The van der Waals surface area contributed by atoms with Gasteiger partial charge in [-0.25, -0.2) is 0 Å². The lowest BCUT2D eigenvalue weighted by Gasteiger charge is -2.39. The maximum atomic E-state index is 13.5. The maximum Gasteiger partial charge on any atom is 0.289 e. The van der Waals surface area contributed by atoms with Gasteiger partial charge in [0, 0.05) is 13.1 Å². The fourth-order valence-corrected chi connectivity index (χ4v) is 4.45. The normalized spacial score (nSPS) is 19.0. The van der Waals surface area contributed by atoms with Gasteiger partial charge in [0.2, 0.25) is 12.7 Å². The second-order valence-corrected chi connectivity index (χ2v) is 8.06. The molecule has 1 unspecified atom stereocenters. The van der Waals surface area contributed by atoms with E-state index in [-0.39, 0.29) is 43.4 Å². The topological polar surface area (TPSA) is 101 Å². The van der Waals surface area contributed by atoms with Crippen molar-refractivity contribution in [2.45, 2.75) is 6.04 Å². The first-order chi connectivity index (χ1) is 16.1. The Morgan fingerprint density at radius 1 is 0.970 bits per heavy atom. The summed E-state index contributed by atoms with van der Waals surface area (Å²) in [5, 5.41) is 2.86. The van der Waals surface area contributed by atoms with Crippen LogP contribution < -0.4 is 14.8 Å². The summed E-state index contributed by atoms with van der Waals surface area (Å²) in [7, 11) is 0. The monoisotopic (exact) mass is 445 g/mol. The van der Waals surface area contributed by atoms with E-state index in [4.69, 9.17) is 13.9 Å². The third kappa shape index (κ3) is 3.20. The molecule has 1 fully saturated rings. The SMILES string of the molecule is O=C1Nc2ccc(-c3ccc4c(c3)OCO4)cc2C(=O)N2CCN(C(=O)c3ccco3)CC12. The number of nitrogens with one attached hydrogen (secondary N) is 1. The number of anilines is 1. The molecule has 2 aromatic carbocycles. The number of fused-ring (bicyclic) bond motifs is 3. The Morgan fingerprint density at radius 3 is 2.64 bits per heavy atom. The molecule has 3 amide bonds. The van der Waals surface area contributed by atoms with Crippen LogP contribution in [0.4, 0.5) is 5.69 Å². The third-order valence-corrected chi connectivity index (χ3v) is 6.18. The smallest absolute Gasteiger partial charge is 0.289 e. The molecule has 4 heterocycles. The first-order valence-corrected chi connectivity index (χ1v) is 10.6. The van der Waals surface area contributed by atoms with Crippen LogP contribution in [0.25, 0.3) is 11.1 Å². The summed E-state index contributed by atoms with van der Waals surface area (Å²) in [6.45, 7) is 0.840. The van der Waals surface area contributed by atoms with E-state index < -0.39 is 6.04 Å². The summed E-state index contributed by atoms with van der Waals surface area (Å²) in [5.74, 6) is 0.671. The van der Waals surface area contributed by atoms with E-state index in [0.717, 1.165) is 11.1 Å². The number of hydrogen-bond donors (Lipinski definition) is 1. The molecule has 6 rings (SSSR count). The maximum absolute atomic E-state index is 13.5. The van der Waals surface area contributed by atoms with Gasteiger partial charge in [0.25, 0.3) is 11.8 Å². The van der Waals surface area contributed by atoms with Gasteiger partial charge in [0.1, 0.15) is 6.04 Å². The lowest BCUT2D eigenvalue weighted by molar-refractivity contribution is -0.121. The van der Waals surface area contributed by atoms with Gasteiger partial charge in [-0.15, -0.1) is 0 Å². The molecule has 0 spiro atoms. The Kier molecular flexibility index (Phi) is 4.36. The van der Waals surface area contributed by atoms with Crippen LogP contribution in [0, 0.1) is 0 Å². The molecule has 0 aliphatic carbocycles. The summed E-state index contributed by atoms with van der Waals surface area (Å²) < 4.78 is 16.0. The van der Waals surface area contributed by atoms with E-state index in [1.165, 1.54) is 11.2 Å². The van der Waals surface area contributed by atoms with Crippen LogP contribution in [0.3, 0.4) is 0 Å². The number of nitrogens with zero attached hydrogens (tertiary/aromatic N) is 2. The minimum Gasteiger partial charge on any atom is -0.459 e. The zero-order valence-electron chi connectivity index (χ0n) is 17.4. The summed E-state index contributed by atoms with van der Waals surface area (Å²) in [5.41, 5.74) is 2.55. The molecule has 9 heteroatoms. The number of ether oxygens (including phenoxy) is 2. The number of carbonyl (C=O) groups is 3. The average molecular weight is 445 g/mol. The first kappa shape index (κ1) is 19.4. The highest BCUT2D eigenvalue weighted by Gasteiger charge is 2.41. The van der Waals surface area contributed by atoms with Crippen LogP contribution in [-0.4, -0.2) is 60.0 Å². The molecule has 1 atom stereocenters. The predicted octanol–water partition coefficient (Wildman–Crippen LogP) is 2.59. The minimum absolute atomic E-state index is 0.0973. The van der Waals surface area contributed by atoms with Crippen molar-refractivity contribution in [2.24, 2.45) is 0 Å². The molecular formula is C24H19N3O6. The second-order valence-electron chi connectivity index (χ2n) is 8.06. The molecule has 0 bridgehead atoms. The van der Waals surface area contributed by atoms with Crippen LogP contribution in [0.5, 0.6) is 11.5 Å². The standard InChI is InChI=1S/C24H19N3O6/c28-22-18-12-26(24(30)20-2-1-9-31-20)7-8-27(18)23(29)16-10-14(3-5-17(16)25-22)15-4-6-19-21(11-15)33-13-32-19/h1-6,9-11,18H,7-8,12-13H2,(H,25,28). The molecule has 166 valence electrons. The summed E-state index contributed by atoms with van der Waals surface area (Å²) >= 11 is 0. The molecule has 0 radical (unpaired) electrons. The van der Waals surface area contributed by atoms with Gasteiger partial charge in [-0.2, -0.15) is 0 Å². The van der Waals surface area contributed by atoms with E-state index in [1.807, 2.05) is 24.3 Å². The van der Waals surface area contributed by atoms with Crippen LogP contribution in [0.2, 0.25) is 0 Å². The fourth-order valence-electron chi connectivity index (χ4n) is 4.45. The van der Waals surface area contributed by atoms with Gasteiger partial charge in [-0.05, 0) is 47.5 Å². The minimum atomic E-state index is -0.786. The number of amides is 3. The highest BCUT2D eigenvalue weighted by molar-refractivity contribution is 6.11. The summed E-state index contributed by atoms with van der Waals surface area (Å²) in [6.07, 6.45) is 1.43. The lowest BCUT2D eigenvalue weighted by Crippen LogP contribution is -2.59. The molecule has 33 heavy (non-hydrogen) atoms. The van der Waals surface area contributed by atoms with Crippen molar-refractivity contribution in [2.75, 3.05) is 31.7 Å². The van der Waals surface area contributed by atoms with Crippen LogP contribution in [0.1, 0.15) is 20.9 Å². The number of carbonyl (C=O) groups excluding carboxylic acids is 3. The van der Waals surface area contributed by atoms with E-state index in [9.17, 15) is 14.4 Å². The number of hydrogen-bond acceptors (Lipinski definition) is 6. The molecule has 1 N–H and O–H groups in total. The summed E-state index contributed by atoms with van der Waals surface area (Å²) in [6, 6.07) is 13.4. The molecule has 3 aromatic rings. The van der Waals surface area contributed by atoms with Crippen molar-refractivity contribution < 1.29 is 28.3 Å². The Morgan fingerprint density at radius 2 is 1.79 bits per heavy atom. The zero-order chi connectivity index (χ0) is 22.5. The molecule has 0 saturated carbocycles. The molecule has 3 aliphatic rings. The molecule has 1 saturated heterocycles. The van der Waals surface area contributed by atoms with Gasteiger partial charge in [-0.3, -0.25) is 14.4 Å². The van der Waals surface area contributed by atoms with Gasteiger partial charge >= 0.3 is 0 Å². The molecular weight excluding hydrogens is 426 g/mol. The van der Waals surface area contributed by atoms with E-state index in [1.54, 1.807) is 29.2 Å². The number of benzene rings is 2. The van der Waals surface area contributed by atoms with Crippen LogP contribution in [-0.2, 0) is 4.79 Å². The van der Waals surface area contributed by atoms with E-state index in [0.29, 0.717) is 29.3 Å². The highest BCUT2D eigenvalue weighted by atomic mass is 16.7. The Balaban J connectivity index is 1.30. The van der Waals surface area contributed by atoms with Crippen LogP contribution in [0.15, 0.2) is 59.2 Å². The van der Waals surface area contributed by atoms with Crippen molar-refractivity contribution in [3.05, 3.63) is 66.1 Å². The second kappa shape index (κ2) is 7.40. The van der Waals surface area contributed by atoms with Crippen molar-refractivity contribution in [3.63, 3.8) is 0 Å². The largest absolute Gasteiger partial charge is 0.459 e. The van der Waals surface area contributed by atoms with Gasteiger partial charge in [-0.1, -0.05) is 12.1 Å². The number of furan rings is 1. The average Bonchev–Trinajstić information content (AvgIpc) is 3.53. The Labute approximate surface area is 188 Å². The first-order valence-electron chi connectivity index (χ1n) is 10.6. The Bertz CT molecular complexity index is 1290. The quantitative estimate of drug-likeness (QED) is 0.651. The summed E-state index contributed by atoms with van der Waals surface area (Å²) in [4.78, 5) is 42.2. The van der Waals surface area contributed by atoms with E-state index in [2.05, 4.69) is 5.32 Å². The molecule has 9 nitrogen and oxygen atoms in total. The fraction of sp³-hybridized carbons (Fsp3) is 0.208. The van der Waals surface area contributed by atoms with Crippen molar-refractivity contribution >= 4 is 23.4 Å². The number of rotatable bonds is 2. The number of piperazine rings is 1. The lowest BCUT2D eigenvalue weighted by atomic mass is 10.0. The van der Waals surface area contributed by atoms with Crippen molar-refractivity contribution in [3.8, 4) is 22.6 Å². The predicted molar refractivity (Wildman–Crippen MR) is 116 cm³/mol. The molecule has 3 aliphatic heterocycles. The van der Waals surface area contributed by atoms with Gasteiger partial charge in [0.05, 0.1) is 24.1 Å². The third-order valence-electron chi connectivity index (χ3n) is 6.18. The van der Waals surface area contributed by atoms with Crippen molar-refractivity contribution in [1.82, 2.24) is 9.80 Å². The van der Waals surface area contributed by atoms with Gasteiger partial charge in [0.15, 0.2) is 17.3 Å². The Hall–Kier alpha value is -4.27. The van der Waals surface area contributed by atoms with E-state index >= 15 is 0 Å². The highest BCUT2D eigenvalue weighted by Crippen LogP contribution is 2.37. The van der Waals surface area contributed by atoms with Crippen LogP contribution >= 0.6 is 0 Å². The van der Waals surface area contributed by atoms with Gasteiger partial charge < -0.3 is 29.0 Å². The zero-order valence-corrected chi connectivity index (χ0v) is 17.4. The molecule has 1 aromatic heterocycles.